The number of carbonyl (C=O) groups is 2. The predicted octanol–water partition coefficient (Wildman–Crippen LogP) is 3.82. The quantitative estimate of drug-likeness (QED) is 0.702. The van der Waals surface area contributed by atoms with E-state index in [2.05, 4.69) is 21.2 Å². The van der Waals surface area contributed by atoms with Crippen LogP contribution in [0.15, 0.2) is 40.2 Å². The van der Waals surface area contributed by atoms with E-state index < -0.39 is 0 Å². The Labute approximate surface area is 152 Å². The molecule has 0 fully saturated rings. The fourth-order valence-electron chi connectivity index (χ4n) is 2.14. The molecule has 2 amide bonds. The van der Waals surface area contributed by atoms with Crippen molar-refractivity contribution in [3.63, 3.8) is 0 Å². The normalized spacial score (nSPS) is 10.5. The number of carbonyl (C=O) groups excluding carboxylic acids is 2. The highest BCUT2D eigenvalue weighted by molar-refractivity contribution is 9.10. The third-order valence-corrected chi connectivity index (χ3v) is 4.80. The molecule has 1 aromatic carbocycles. The standard InChI is InChI=1S/C17H18BrFN2O2S/c1-21(11-12-10-13(18)6-7-14(12)19)16(22)5-2-8-20-17(23)15-4-3-9-24-15/h3-4,6-7,9-10H,2,5,8,11H2,1H3,(H,20,23). The van der Waals surface area contributed by atoms with Crippen LogP contribution in [0.3, 0.4) is 0 Å². The molecule has 1 aromatic heterocycles. The Bertz CT molecular complexity index is 707. The van der Waals surface area contributed by atoms with E-state index in [1.54, 1.807) is 25.2 Å². The van der Waals surface area contributed by atoms with Crippen molar-refractivity contribution in [2.45, 2.75) is 19.4 Å². The highest BCUT2D eigenvalue weighted by atomic mass is 79.9. The van der Waals surface area contributed by atoms with Crippen LogP contribution < -0.4 is 5.32 Å². The largest absolute Gasteiger partial charge is 0.351 e. The summed E-state index contributed by atoms with van der Waals surface area (Å²) in [7, 11) is 1.65. The van der Waals surface area contributed by atoms with Crippen molar-refractivity contribution in [2.75, 3.05) is 13.6 Å². The maximum Gasteiger partial charge on any atom is 0.261 e. The number of halogens is 2. The minimum absolute atomic E-state index is 0.0836. The Morgan fingerprint density at radius 2 is 2.12 bits per heavy atom. The molecule has 1 heterocycles. The first-order chi connectivity index (χ1) is 11.5. The first-order valence-corrected chi connectivity index (χ1v) is 9.14. The smallest absolute Gasteiger partial charge is 0.261 e. The molecule has 0 saturated heterocycles. The summed E-state index contributed by atoms with van der Waals surface area (Å²) in [6.07, 6.45) is 0.845. The maximum atomic E-state index is 13.7. The van der Waals surface area contributed by atoms with E-state index >= 15 is 0 Å². The van der Waals surface area contributed by atoms with Gasteiger partial charge in [-0.2, -0.15) is 0 Å². The fraction of sp³-hybridized carbons (Fsp3) is 0.294. The fourth-order valence-corrected chi connectivity index (χ4v) is 3.18. The first kappa shape index (κ1) is 18.6. The summed E-state index contributed by atoms with van der Waals surface area (Å²) in [5.41, 5.74) is 0.464. The number of hydrogen-bond donors (Lipinski definition) is 1. The second kappa shape index (κ2) is 8.94. The minimum atomic E-state index is -0.332. The molecule has 2 rings (SSSR count). The Kier molecular flexibility index (Phi) is 6.93. The molecule has 4 nitrogen and oxygen atoms in total. The first-order valence-electron chi connectivity index (χ1n) is 7.47. The van der Waals surface area contributed by atoms with Gasteiger partial charge in [0.15, 0.2) is 0 Å². The van der Waals surface area contributed by atoms with Gasteiger partial charge in [0.25, 0.3) is 5.91 Å². The van der Waals surface area contributed by atoms with E-state index in [9.17, 15) is 14.0 Å². The second-order valence-electron chi connectivity index (χ2n) is 5.32. The highest BCUT2D eigenvalue weighted by Gasteiger charge is 2.12. The van der Waals surface area contributed by atoms with Gasteiger partial charge >= 0.3 is 0 Å². The van der Waals surface area contributed by atoms with Gasteiger partial charge in [-0.05, 0) is 36.1 Å². The summed E-state index contributed by atoms with van der Waals surface area (Å²) in [5, 5.41) is 4.62. The van der Waals surface area contributed by atoms with Crippen LogP contribution in [0.1, 0.15) is 28.1 Å². The van der Waals surface area contributed by atoms with Crippen LogP contribution in [-0.2, 0) is 11.3 Å². The average molecular weight is 413 g/mol. The third-order valence-electron chi connectivity index (χ3n) is 3.44. The lowest BCUT2D eigenvalue weighted by atomic mass is 10.2. The molecule has 0 aliphatic heterocycles. The average Bonchev–Trinajstić information content (AvgIpc) is 3.09. The molecular weight excluding hydrogens is 395 g/mol. The Morgan fingerprint density at radius 1 is 1.33 bits per heavy atom. The molecular formula is C17H18BrFN2O2S. The van der Waals surface area contributed by atoms with E-state index in [1.165, 1.54) is 22.3 Å². The molecule has 0 unspecified atom stereocenters. The summed E-state index contributed by atoms with van der Waals surface area (Å²) in [4.78, 5) is 26.0. The lowest BCUT2D eigenvalue weighted by Gasteiger charge is -2.18. The summed E-state index contributed by atoms with van der Waals surface area (Å²) in [6, 6.07) is 8.24. The van der Waals surface area contributed by atoms with E-state index in [0.29, 0.717) is 29.8 Å². The van der Waals surface area contributed by atoms with Crippen molar-refractivity contribution in [3.05, 3.63) is 56.4 Å². The Morgan fingerprint density at radius 3 is 2.83 bits per heavy atom. The molecule has 0 spiro atoms. The monoisotopic (exact) mass is 412 g/mol. The lowest BCUT2D eigenvalue weighted by molar-refractivity contribution is -0.130. The zero-order valence-electron chi connectivity index (χ0n) is 13.2. The molecule has 0 atom stereocenters. The Balaban J connectivity index is 1.73. The van der Waals surface area contributed by atoms with Gasteiger partial charge in [-0.3, -0.25) is 9.59 Å². The molecule has 1 N–H and O–H groups in total. The minimum Gasteiger partial charge on any atom is -0.351 e. The van der Waals surface area contributed by atoms with Gasteiger partial charge in [-0.15, -0.1) is 11.3 Å². The molecule has 7 heteroatoms. The molecule has 128 valence electrons. The number of benzene rings is 1. The zero-order valence-corrected chi connectivity index (χ0v) is 15.6. The van der Waals surface area contributed by atoms with Crippen LogP contribution in [0, 0.1) is 5.82 Å². The number of amides is 2. The van der Waals surface area contributed by atoms with Crippen LogP contribution in [0.2, 0.25) is 0 Å². The highest BCUT2D eigenvalue weighted by Crippen LogP contribution is 2.17. The number of nitrogens with zero attached hydrogens (tertiary/aromatic N) is 1. The summed E-state index contributed by atoms with van der Waals surface area (Å²) in [6.45, 7) is 0.646. The Hall–Kier alpha value is -1.73. The molecule has 0 bridgehead atoms. The second-order valence-corrected chi connectivity index (χ2v) is 7.19. The molecule has 24 heavy (non-hydrogen) atoms. The zero-order chi connectivity index (χ0) is 17.5. The molecule has 2 aromatic rings. The number of rotatable bonds is 7. The summed E-state index contributed by atoms with van der Waals surface area (Å²) < 4.78 is 14.5. The maximum absolute atomic E-state index is 13.7. The van der Waals surface area contributed by atoms with E-state index in [-0.39, 0.29) is 24.2 Å². The van der Waals surface area contributed by atoms with Gasteiger partial charge in [-0.1, -0.05) is 22.0 Å². The van der Waals surface area contributed by atoms with Crippen molar-refractivity contribution in [1.82, 2.24) is 10.2 Å². The van der Waals surface area contributed by atoms with Gasteiger partial charge in [0.05, 0.1) is 4.88 Å². The topological polar surface area (TPSA) is 49.4 Å². The van der Waals surface area contributed by atoms with Crippen molar-refractivity contribution in [2.24, 2.45) is 0 Å². The van der Waals surface area contributed by atoms with Gasteiger partial charge in [-0.25, -0.2) is 4.39 Å². The number of thiophene rings is 1. The van der Waals surface area contributed by atoms with Crippen LogP contribution in [0.25, 0.3) is 0 Å². The van der Waals surface area contributed by atoms with Crippen LogP contribution in [-0.4, -0.2) is 30.3 Å². The third kappa shape index (κ3) is 5.42. The summed E-state index contributed by atoms with van der Waals surface area (Å²) in [5.74, 6) is -0.539. The van der Waals surface area contributed by atoms with Crippen LogP contribution in [0.4, 0.5) is 4.39 Å². The van der Waals surface area contributed by atoms with Crippen molar-refractivity contribution in [1.29, 1.82) is 0 Å². The van der Waals surface area contributed by atoms with Gasteiger partial charge < -0.3 is 10.2 Å². The molecule has 0 radical (unpaired) electrons. The van der Waals surface area contributed by atoms with Crippen molar-refractivity contribution >= 4 is 39.1 Å². The number of nitrogens with one attached hydrogen (secondary N) is 1. The summed E-state index contributed by atoms with van der Waals surface area (Å²) >= 11 is 4.67. The molecule has 0 saturated carbocycles. The number of hydrogen-bond acceptors (Lipinski definition) is 3. The molecule has 0 aliphatic rings. The van der Waals surface area contributed by atoms with Crippen molar-refractivity contribution < 1.29 is 14.0 Å². The van der Waals surface area contributed by atoms with Crippen LogP contribution in [0.5, 0.6) is 0 Å². The van der Waals surface area contributed by atoms with Crippen molar-refractivity contribution in [3.8, 4) is 0 Å². The van der Waals surface area contributed by atoms with Gasteiger partial charge in [0.2, 0.25) is 5.91 Å². The van der Waals surface area contributed by atoms with Gasteiger partial charge in [0, 0.05) is 36.6 Å². The predicted molar refractivity (Wildman–Crippen MR) is 96.5 cm³/mol. The van der Waals surface area contributed by atoms with E-state index in [0.717, 1.165) is 4.47 Å². The van der Waals surface area contributed by atoms with E-state index in [1.807, 2.05) is 11.4 Å². The van der Waals surface area contributed by atoms with Gasteiger partial charge in [0.1, 0.15) is 5.82 Å². The lowest BCUT2D eigenvalue weighted by Crippen LogP contribution is -2.28. The SMILES string of the molecule is CN(Cc1cc(Br)ccc1F)C(=O)CCCNC(=O)c1cccs1. The van der Waals surface area contributed by atoms with Crippen LogP contribution >= 0.6 is 27.3 Å². The molecule has 0 aliphatic carbocycles. The van der Waals surface area contributed by atoms with E-state index in [4.69, 9.17) is 0 Å².